The summed E-state index contributed by atoms with van der Waals surface area (Å²) < 4.78 is 24.4. The minimum atomic E-state index is -3.15. The lowest BCUT2D eigenvalue weighted by molar-refractivity contribution is 0.318. The van der Waals surface area contributed by atoms with Gasteiger partial charge in [0.25, 0.3) is 0 Å². The van der Waals surface area contributed by atoms with E-state index in [0.29, 0.717) is 36.8 Å². The highest BCUT2D eigenvalue weighted by molar-refractivity contribution is 7.88. The molecule has 1 saturated heterocycles. The quantitative estimate of drug-likeness (QED) is 0.364. The Morgan fingerprint density at radius 3 is 2.43 bits per heavy atom. The lowest BCUT2D eigenvalue weighted by Crippen LogP contribution is -2.48. The first-order chi connectivity index (χ1) is 9.82. The molecule has 21 heavy (non-hydrogen) atoms. The highest BCUT2D eigenvalue weighted by Gasteiger charge is 2.24. The normalized spacial score (nSPS) is 18.0. The Morgan fingerprint density at radius 1 is 1.33 bits per heavy atom. The molecule has 1 aromatic rings. The molecule has 116 valence electrons. The summed E-state index contributed by atoms with van der Waals surface area (Å²) in [7, 11) is -3.15. The lowest BCUT2D eigenvalue weighted by atomic mass is 10.1. The van der Waals surface area contributed by atoms with Gasteiger partial charge in [-0.3, -0.25) is 0 Å². The maximum absolute atomic E-state index is 11.5. The largest absolute Gasteiger partial charge is 0.409 e. The van der Waals surface area contributed by atoms with Crippen LogP contribution in [0.25, 0.3) is 0 Å². The van der Waals surface area contributed by atoms with E-state index in [1.807, 2.05) is 4.90 Å². The van der Waals surface area contributed by atoms with Crippen LogP contribution in [0.2, 0.25) is 5.02 Å². The molecule has 1 fully saturated rings. The van der Waals surface area contributed by atoms with Crippen LogP contribution >= 0.6 is 11.6 Å². The molecular weight excluding hydrogens is 316 g/mol. The van der Waals surface area contributed by atoms with Crippen LogP contribution in [0.4, 0.5) is 5.69 Å². The topological polar surface area (TPSA) is 99.2 Å². The number of sulfonamides is 1. The molecule has 1 aromatic carbocycles. The number of oxime groups is 1. The fourth-order valence-corrected chi connectivity index (χ4v) is 3.37. The standard InChI is InChI=1S/C12H17ClN4O3S/c1-21(19,20)17-6-4-16(5-7-17)11-3-2-9(8-10(11)13)12(14)15-18/h2-3,8,18H,4-7H2,1H3,(H2,14,15). The van der Waals surface area contributed by atoms with Crippen molar-refractivity contribution < 1.29 is 13.6 Å². The van der Waals surface area contributed by atoms with E-state index in [-0.39, 0.29) is 5.84 Å². The average molecular weight is 333 g/mol. The molecule has 0 unspecified atom stereocenters. The minimum absolute atomic E-state index is 0.00894. The van der Waals surface area contributed by atoms with Crippen molar-refractivity contribution in [3.8, 4) is 0 Å². The van der Waals surface area contributed by atoms with E-state index >= 15 is 0 Å². The minimum Gasteiger partial charge on any atom is -0.409 e. The van der Waals surface area contributed by atoms with E-state index in [0.717, 1.165) is 5.69 Å². The van der Waals surface area contributed by atoms with Crippen molar-refractivity contribution in [3.63, 3.8) is 0 Å². The summed E-state index contributed by atoms with van der Waals surface area (Å²) in [4.78, 5) is 2.01. The third kappa shape index (κ3) is 3.58. The number of amidine groups is 1. The van der Waals surface area contributed by atoms with Gasteiger partial charge in [-0.1, -0.05) is 16.8 Å². The Bertz CT molecular complexity index is 654. The Balaban J connectivity index is 2.14. The highest BCUT2D eigenvalue weighted by Crippen LogP contribution is 2.28. The predicted octanol–water partition coefficient (Wildman–Crippen LogP) is 0.516. The number of nitrogens with zero attached hydrogens (tertiary/aromatic N) is 3. The van der Waals surface area contributed by atoms with Gasteiger partial charge in [-0.05, 0) is 18.2 Å². The highest BCUT2D eigenvalue weighted by atomic mass is 35.5. The van der Waals surface area contributed by atoms with E-state index in [9.17, 15) is 8.42 Å². The van der Waals surface area contributed by atoms with Gasteiger partial charge in [0.15, 0.2) is 5.84 Å². The molecule has 2 rings (SSSR count). The van der Waals surface area contributed by atoms with Gasteiger partial charge in [0, 0.05) is 31.7 Å². The average Bonchev–Trinajstić information content (AvgIpc) is 2.45. The Kier molecular flexibility index (Phi) is 4.60. The van der Waals surface area contributed by atoms with Crippen LogP contribution in [0.3, 0.4) is 0 Å². The SMILES string of the molecule is CS(=O)(=O)N1CCN(c2ccc(C(N)=NO)cc2Cl)CC1. The van der Waals surface area contributed by atoms with Crippen molar-refractivity contribution in [2.75, 3.05) is 37.3 Å². The second-order valence-corrected chi connectivity index (χ2v) is 7.19. The molecule has 1 aliphatic rings. The molecule has 0 saturated carbocycles. The summed E-state index contributed by atoms with van der Waals surface area (Å²) in [5.74, 6) is -0.00894. The molecule has 0 bridgehead atoms. The first kappa shape index (κ1) is 15.9. The summed E-state index contributed by atoms with van der Waals surface area (Å²) in [5.41, 5.74) is 6.85. The molecule has 0 aromatic heterocycles. The number of piperazine rings is 1. The second-order valence-electron chi connectivity index (χ2n) is 4.80. The molecule has 7 nitrogen and oxygen atoms in total. The maximum atomic E-state index is 11.5. The van der Waals surface area contributed by atoms with Crippen molar-refractivity contribution in [2.24, 2.45) is 10.9 Å². The lowest BCUT2D eigenvalue weighted by Gasteiger charge is -2.35. The summed E-state index contributed by atoms with van der Waals surface area (Å²) in [6.07, 6.45) is 1.21. The zero-order valence-corrected chi connectivity index (χ0v) is 13.1. The van der Waals surface area contributed by atoms with Crippen LogP contribution in [-0.4, -0.2) is 56.2 Å². The molecule has 0 aliphatic carbocycles. The van der Waals surface area contributed by atoms with E-state index in [1.165, 1.54) is 10.6 Å². The number of benzene rings is 1. The van der Waals surface area contributed by atoms with Crippen molar-refractivity contribution >= 4 is 33.1 Å². The number of hydrogen-bond donors (Lipinski definition) is 2. The molecule has 1 heterocycles. The van der Waals surface area contributed by atoms with E-state index < -0.39 is 10.0 Å². The molecule has 1 aliphatic heterocycles. The second kappa shape index (κ2) is 6.08. The van der Waals surface area contributed by atoms with E-state index in [4.69, 9.17) is 22.5 Å². The number of halogens is 1. The zero-order chi connectivity index (χ0) is 15.6. The Hall–Kier alpha value is -1.51. The molecule has 3 N–H and O–H groups in total. The Morgan fingerprint density at radius 2 is 1.95 bits per heavy atom. The van der Waals surface area contributed by atoms with Crippen molar-refractivity contribution in [2.45, 2.75) is 0 Å². The first-order valence-corrected chi connectivity index (χ1v) is 8.53. The summed E-state index contributed by atoms with van der Waals surface area (Å²) in [5, 5.41) is 12.1. The fourth-order valence-electron chi connectivity index (χ4n) is 2.24. The first-order valence-electron chi connectivity index (χ1n) is 6.30. The van der Waals surface area contributed by atoms with Crippen molar-refractivity contribution in [1.29, 1.82) is 0 Å². The molecule has 0 amide bonds. The van der Waals surface area contributed by atoms with Crippen LogP contribution in [0.15, 0.2) is 23.4 Å². The monoisotopic (exact) mass is 332 g/mol. The van der Waals surface area contributed by atoms with Gasteiger partial charge >= 0.3 is 0 Å². The summed E-state index contributed by atoms with van der Waals surface area (Å²) >= 11 is 6.22. The number of rotatable bonds is 3. The van der Waals surface area contributed by atoms with Gasteiger partial charge < -0.3 is 15.8 Å². The molecule has 9 heteroatoms. The fraction of sp³-hybridized carbons (Fsp3) is 0.417. The van der Waals surface area contributed by atoms with Crippen LogP contribution in [0, 0.1) is 0 Å². The zero-order valence-electron chi connectivity index (χ0n) is 11.5. The number of nitrogens with two attached hydrogens (primary N) is 1. The van der Waals surface area contributed by atoms with E-state index in [1.54, 1.807) is 18.2 Å². The molecular formula is C12H17ClN4O3S. The van der Waals surface area contributed by atoms with E-state index in [2.05, 4.69) is 5.16 Å². The van der Waals surface area contributed by atoms with Crippen LogP contribution in [0.1, 0.15) is 5.56 Å². The van der Waals surface area contributed by atoms with Crippen LogP contribution in [-0.2, 0) is 10.0 Å². The van der Waals surface area contributed by atoms with Crippen LogP contribution < -0.4 is 10.6 Å². The predicted molar refractivity (Wildman–Crippen MR) is 82.6 cm³/mol. The molecule has 0 spiro atoms. The molecule has 0 atom stereocenters. The van der Waals surface area contributed by atoms with Gasteiger partial charge in [-0.15, -0.1) is 0 Å². The third-order valence-electron chi connectivity index (χ3n) is 3.40. The van der Waals surface area contributed by atoms with Gasteiger partial charge in [-0.2, -0.15) is 4.31 Å². The number of hydrogen-bond acceptors (Lipinski definition) is 5. The van der Waals surface area contributed by atoms with Crippen molar-refractivity contribution in [3.05, 3.63) is 28.8 Å². The van der Waals surface area contributed by atoms with Gasteiger partial charge in [0.2, 0.25) is 10.0 Å². The maximum Gasteiger partial charge on any atom is 0.211 e. The summed E-state index contributed by atoms with van der Waals surface area (Å²) in [6.45, 7) is 1.99. The van der Waals surface area contributed by atoms with Crippen LogP contribution in [0.5, 0.6) is 0 Å². The van der Waals surface area contributed by atoms with Gasteiger partial charge in [0.1, 0.15) is 0 Å². The van der Waals surface area contributed by atoms with Crippen molar-refractivity contribution in [1.82, 2.24) is 4.31 Å². The summed E-state index contributed by atoms with van der Waals surface area (Å²) in [6, 6.07) is 5.11. The third-order valence-corrected chi connectivity index (χ3v) is 5.01. The Labute approximate surface area is 128 Å². The van der Waals surface area contributed by atoms with Gasteiger partial charge in [-0.25, -0.2) is 8.42 Å². The number of anilines is 1. The molecule has 0 radical (unpaired) electrons. The smallest absolute Gasteiger partial charge is 0.211 e. The van der Waals surface area contributed by atoms with Gasteiger partial charge in [0.05, 0.1) is 17.0 Å².